The Morgan fingerprint density at radius 2 is 1.60 bits per heavy atom. The number of aliphatic carboxylic acids is 1. The van der Waals surface area contributed by atoms with E-state index in [1.807, 2.05) is 6.07 Å². The van der Waals surface area contributed by atoms with Crippen LogP contribution in [0.4, 0.5) is 0 Å². The highest BCUT2D eigenvalue weighted by molar-refractivity contribution is 5.94. The number of benzene rings is 2. The summed E-state index contributed by atoms with van der Waals surface area (Å²) in [5.41, 5.74) is 18.1. The van der Waals surface area contributed by atoms with Crippen LogP contribution in [-0.2, 0) is 32.0 Å². The van der Waals surface area contributed by atoms with Gasteiger partial charge in [0.25, 0.3) is 0 Å². The number of likely N-dealkylation sites (tertiary alicyclic amines) is 1. The second-order valence-electron chi connectivity index (χ2n) is 10.3. The van der Waals surface area contributed by atoms with E-state index in [-0.39, 0.29) is 37.5 Å². The molecule has 0 aliphatic carbocycles. The second-order valence-corrected chi connectivity index (χ2v) is 10.3. The van der Waals surface area contributed by atoms with Crippen LogP contribution in [0.5, 0.6) is 5.75 Å². The van der Waals surface area contributed by atoms with Crippen molar-refractivity contribution < 1.29 is 29.4 Å². The Kier molecular flexibility index (Phi) is 11.7. The van der Waals surface area contributed by atoms with E-state index in [2.05, 4.69) is 15.6 Å². The molecule has 226 valence electrons. The molecule has 2 aromatic carbocycles. The average Bonchev–Trinajstić information content (AvgIpc) is 3.46. The normalized spacial score (nSPS) is 16.6. The largest absolute Gasteiger partial charge is 0.508 e. The van der Waals surface area contributed by atoms with E-state index in [4.69, 9.17) is 17.2 Å². The predicted octanol–water partition coefficient (Wildman–Crippen LogP) is -0.396. The Morgan fingerprint density at radius 3 is 2.24 bits per heavy atom. The minimum absolute atomic E-state index is 0.0493. The highest BCUT2D eigenvalue weighted by Gasteiger charge is 2.39. The summed E-state index contributed by atoms with van der Waals surface area (Å²) in [5, 5.41) is 24.7. The molecule has 42 heavy (non-hydrogen) atoms. The summed E-state index contributed by atoms with van der Waals surface area (Å²) >= 11 is 0. The molecular weight excluding hydrogens is 542 g/mol. The van der Waals surface area contributed by atoms with Gasteiger partial charge in [-0.25, -0.2) is 4.79 Å². The summed E-state index contributed by atoms with van der Waals surface area (Å²) in [7, 11) is 0. The molecule has 0 bridgehead atoms. The highest BCUT2D eigenvalue weighted by atomic mass is 16.4. The second kappa shape index (κ2) is 15.4. The summed E-state index contributed by atoms with van der Waals surface area (Å²) in [4.78, 5) is 57.2. The number of nitrogens with one attached hydrogen (secondary N) is 2. The van der Waals surface area contributed by atoms with Gasteiger partial charge in [-0.1, -0.05) is 42.5 Å². The van der Waals surface area contributed by atoms with Crippen molar-refractivity contribution in [3.8, 4) is 5.75 Å². The maximum absolute atomic E-state index is 13.8. The van der Waals surface area contributed by atoms with Crippen molar-refractivity contribution in [2.75, 3.05) is 13.1 Å². The van der Waals surface area contributed by atoms with Crippen molar-refractivity contribution in [1.82, 2.24) is 15.5 Å². The van der Waals surface area contributed by atoms with E-state index in [9.17, 15) is 29.4 Å². The standard InChI is InChI=1S/C29H39N7O6/c30-21(8-4-14-33-29(31)32)25(38)34-22(16-19-10-12-20(37)13-11-19)27(40)36-15-5-9-24(36)26(39)35-23(28(41)42)17-18-6-2-1-3-7-18/h1-3,6-7,10-13,21-24,37H,4-5,8-9,14-17,30H2,(H,34,38)(H,35,39)(H,41,42)(H4,31,32,33). The smallest absolute Gasteiger partial charge is 0.326 e. The number of carboxylic acids is 1. The number of carboxylic acid groups (broad SMARTS) is 1. The quantitative estimate of drug-likeness (QED) is 0.0874. The lowest BCUT2D eigenvalue weighted by Crippen LogP contribution is -2.57. The molecule has 1 fully saturated rings. The van der Waals surface area contributed by atoms with Crippen LogP contribution in [0.1, 0.15) is 36.8 Å². The maximum Gasteiger partial charge on any atom is 0.326 e. The van der Waals surface area contributed by atoms with Gasteiger partial charge in [0.15, 0.2) is 5.96 Å². The van der Waals surface area contributed by atoms with Gasteiger partial charge in [-0.15, -0.1) is 0 Å². The van der Waals surface area contributed by atoms with E-state index in [1.54, 1.807) is 36.4 Å². The van der Waals surface area contributed by atoms with Crippen LogP contribution in [0.15, 0.2) is 59.6 Å². The van der Waals surface area contributed by atoms with Gasteiger partial charge in [0, 0.05) is 25.9 Å². The summed E-state index contributed by atoms with van der Waals surface area (Å²) in [6, 6.07) is 11.1. The Bertz CT molecular complexity index is 1250. The van der Waals surface area contributed by atoms with Gasteiger partial charge in [-0.3, -0.25) is 19.4 Å². The van der Waals surface area contributed by atoms with Crippen LogP contribution in [0, 0.1) is 0 Å². The van der Waals surface area contributed by atoms with Crippen molar-refractivity contribution in [3.63, 3.8) is 0 Å². The summed E-state index contributed by atoms with van der Waals surface area (Å²) in [5.74, 6) is -2.81. The van der Waals surface area contributed by atoms with Gasteiger partial charge in [-0.05, 0) is 48.9 Å². The predicted molar refractivity (Wildman–Crippen MR) is 156 cm³/mol. The summed E-state index contributed by atoms with van der Waals surface area (Å²) < 4.78 is 0. The number of hydrogen-bond acceptors (Lipinski definition) is 7. The maximum atomic E-state index is 13.8. The molecule has 0 aromatic heterocycles. The number of carbonyl (C=O) groups excluding carboxylic acids is 3. The van der Waals surface area contributed by atoms with Crippen LogP contribution >= 0.6 is 0 Å². The van der Waals surface area contributed by atoms with E-state index in [0.29, 0.717) is 31.4 Å². The van der Waals surface area contributed by atoms with Crippen LogP contribution in [0.3, 0.4) is 0 Å². The fourth-order valence-electron chi connectivity index (χ4n) is 4.82. The molecule has 1 aliphatic rings. The van der Waals surface area contributed by atoms with Crippen molar-refractivity contribution >= 4 is 29.7 Å². The number of nitrogens with two attached hydrogens (primary N) is 3. The number of nitrogens with zero attached hydrogens (tertiary/aromatic N) is 2. The number of guanidine groups is 1. The average molecular weight is 582 g/mol. The van der Waals surface area contributed by atoms with Crippen molar-refractivity contribution in [2.45, 2.75) is 62.7 Å². The van der Waals surface area contributed by atoms with Crippen molar-refractivity contribution in [3.05, 3.63) is 65.7 Å². The molecule has 1 heterocycles. The zero-order chi connectivity index (χ0) is 30.6. The number of aromatic hydroxyl groups is 1. The van der Waals surface area contributed by atoms with E-state index < -0.39 is 47.9 Å². The number of hydrogen-bond donors (Lipinski definition) is 7. The van der Waals surface area contributed by atoms with Crippen LogP contribution < -0.4 is 27.8 Å². The first-order chi connectivity index (χ1) is 20.0. The minimum atomic E-state index is -1.19. The number of phenolic OH excluding ortho intramolecular Hbond substituents is 1. The minimum Gasteiger partial charge on any atom is -0.508 e. The fourth-order valence-corrected chi connectivity index (χ4v) is 4.82. The van der Waals surface area contributed by atoms with Crippen LogP contribution in [-0.4, -0.2) is 82.0 Å². The first-order valence-corrected chi connectivity index (χ1v) is 13.8. The van der Waals surface area contributed by atoms with E-state index in [0.717, 1.165) is 5.56 Å². The molecule has 0 saturated carbocycles. The monoisotopic (exact) mass is 581 g/mol. The third-order valence-corrected chi connectivity index (χ3v) is 7.03. The lowest BCUT2D eigenvalue weighted by Gasteiger charge is -2.30. The summed E-state index contributed by atoms with van der Waals surface area (Å²) in [6.07, 6.45) is 1.77. The van der Waals surface area contributed by atoms with E-state index >= 15 is 0 Å². The molecule has 1 aliphatic heterocycles. The molecular formula is C29H39N7O6. The Balaban J connectivity index is 1.73. The van der Waals surface area contributed by atoms with Gasteiger partial charge in [0.05, 0.1) is 6.04 Å². The van der Waals surface area contributed by atoms with Crippen LogP contribution in [0.25, 0.3) is 0 Å². The van der Waals surface area contributed by atoms with Gasteiger partial charge >= 0.3 is 5.97 Å². The van der Waals surface area contributed by atoms with Gasteiger partial charge in [0.2, 0.25) is 17.7 Å². The fraction of sp³-hybridized carbons (Fsp3) is 0.414. The SMILES string of the molecule is NC(N)=NCCCC(N)C(=O)NC(Cc1ccc(O)cc1)C(=O)N1CCCC1C(=O)NC(Cc1ccccc1)C(=O)O. The Labute approximate surface area is 244 Å². The third kappa shape index (κ3) is 9.47. The highest BCUT2D eigenvalue weighted by Crippen LogP contribution is 2.21. The number of phenols is 1. The summed E-state index contributed by atoms with van der Waals surface area (Å²) in [6.45, 7) is 0.561. The first kappa shape index (κ1) is 31.9. The molecule has 0 spiro atoms. The first-order valence-electron chi connectivity index (χ1n) is 13.8. The molecule has 10 N–H and O–H groups in total. The zero-order valence-electron chi connectivity index (χ0n) is 23.3. The lowest BCUT2D eigenvalue weighted by atomic mass is 10.0. The molecule has 3 amide bonds. The lowest BCUT2D eigenvalue weighted by molar-refractivity contribution is -0.144. The molecule has 13 heteroatoms. The Morgan fingerprint density at radius 1 is 0.952 bits per heavy atom. The van der Waals surface area contributed by atoms with Gasteiger partial charge in [-0.2, -0.15) is 0 Å². The zero-order valence-corrected chi connectivity index (χ0v) is 23.3. The Hall–Kier alpha value is -4.65. The molecule has 4 unspecified atom stereocenters. The number of carbonyl (C=O) groups is 4. The van der Waals surface area contributed by atoms with Crippen molar-refractivity contribution in [1.29, 1.82) is 0 Å². The van der Waals surface area contributed by atoms with Crippen molar-refractivity contribution in [2.24, 2.45) is 22.2 Å². The molecule has 0 radical (unpaired) electrons. The topological polar surface area (TPSA) is 226 Å². The third-order valence-electron chi connectivity index (χ3n) is 7.03. The molecule has 1 saturated heterocycles. The van der Waals surface area contributed by atoms with Gasteiger partial charge < -0.3 is 42.9 Å². The molecule has 2 aromatic rings. The molecule has 4 atom stereocenters. The number of aliphatic imine (C=N–C) groups is 1. The van der Waals surface area contributed by atoms with Gasteiger partial charge in [0.1, 0.15) is 23.9 Å². The van der Waals surface area contributed by atoms with Crippen LogP contribution in [0.2, 0.25) is 0 Å². The van der Waals surface area contributed by atoms with E-state index in [1.165, 1.54) is 17.0 Å². The number of rotatable bonds is 14. The molecule has 3 rings (SSSR count). The molecule has 13 nitrogen and oxygen atoms in total. The number of amides is 3.